The van der Waals surface area contributed by atoms with E-state index in [-0.39, 0.29) is 11.8 Å². The molecule has 17 heavy (non-hydrogen) atoms. The van der Waals surface area contributed by atoms with Crippen LogP contribution in [0, 0.1) is 11.3 Å². The van der Waals surface area contributed by atoms with Crippen molar-refractivity contribution in [1.29, 1.82) is 0 Å². The molecule has 0 aromatic carbocycles. The molecule has 0 bridgehead atoms. The van der Waals surface area contributed by atoms with Crippen molar-refractivity contribution in [2.75, 3.05) is 7.11 Å². The molecule has 3 atom stereocenters. The minimum atomic E-state index is -0.750. The molecule has 2 rings (SSSR count). The first-order valence-electron chi connectivity index (χ1n) is 6.41. The average molecular weight is 240 g/mol. The van der Waals surface area contributed by atoms with E-state index in [1.54, 1.807) is 0 Å². The Labute approximate surface area is 101 Å². The minimum Gasteiger partial charge on any atom is -0.469 e. The Hall–Kier alpha value is -0.900. The van der Waals surface area contributed by atoms with Gasteiger partial charge in [0, 0.05) is 6.42 Å². The van der Waals surface area contributed by atoms with E-state index in [1.807, 2.05) is 0 Å². The van der Waals surface area contributed by atoms with Gasteiger partial charge in [-0.25, -0.2) is 0 Å². The maximum absolute atomic E-state index is 12.1. The number of rotatable bonds is 1. The molecule has 0 aliphatic heterocycles. The topological polar surface area (TPSA) is 63.6 Å². The highest BCUT2D eigenvalue weighted by atomic mass is 16.5. The Morgan fingerprint density at radius 2 is 2.06 bits per heavy atom. The first-order chi connectivity index (χ1) is 8.12. The molecule has 96 valence electrons. The van der Waals surface area contributed by atoms with E-state index in [2.05, 4.69) is 0 Å². The third-order valence-corrected chi connectivity index (χ3v) is 4.34. The molecule has 2 aliphatic rings. The van der Waals surface area contributed by atoms with Crippen LogP contribution < -0.4 is 0 Å². The summed E-state index contributed by atoms with van der Waals surface area (Å²) in [5.41, 5.74) is -0.750. The fourth-order valence-electron chi connectivity index (χ4n) is 3.56. The number of aliphatic hydroxyl groups is 1. The second kappa shape index (κ2) is 4.77. The summed E-state index contributed by atoms with van der Waals surface area (Å²) in [6.07, 6.45) is 4.27. The third kappa shape index (κ3) is 1.99. The van der Waals surface area contributed by atoms with Gasteiger partial charge in [-0.05, 0) is 25.7 Å². The fraction of sp³-hybridized carbons (Fsp3) is 0.846. The molecule has 2 aliphatic carbocycles. The molecule has 1 N–H and O–H groups in total. The van der Waals surface area contributed by atoms with Gasteiger partial charge in [-0.2, -0.15) is 0 Å². The summed E-state index contributed by atoms with van der Waals surface area (Å²) in [5, 5.41) is 10.1. The summed E-state index contributed by atoms with van der Waals surface area (Å²) in [7, 11) is 1.37. The van der Waals surface area contributed by atoms with Crippen molar-refractivity contribution in [1.82, 2.24) is 0 Å². The van der Waals surface area contributed by atoms with Crippen molar-refractivity contribution in [3.8, 4) is 0 Å². The molecular weight excluding hydrogens is 220 g/mol. The molecule has 2 fully saturated rings. The summed E-state index contributed by atoms with van der Waals surface area (Å²) in [6.45, 7) is 0. The van der Waals surface area contributed by atoms with E-state index in [9.17, 15) is 14.7 Å². The molecule has 0 unspecified atom stereocenters. The number of carbonyl (C=O) groups is 2. The lowest BCUT2D eigenvalue weighted by Crippen LogP contribution is -2.50. The largest absolute Gasteiger partial charge is 0.469 e. The van der Waals surface area contributed by atoms with Crippen LogP contribution in [-0.2, 0) is 14.3 Å². The van der Waals surface area contributed by atoms with Crippen LogP contribution in [0.15, 0.2) is 0 Å². The molecule has 4 nitrogen and oxygen atoms in total. The number of carbonyl (C=O) groups excluding carboxylic acids is 2. The molecule has 0 radical (unpaired) electrons. The summed E-state index contributed by atoms with van der Waals surface area (Å²) in [5.74, 6) is -0.807. The number of ketones is 1. The fourth-order valence-corrected chi connectivity index (χ4v) is 3.56. The van der Waals surface area contributed by atoms with Crippen LogP contribution in [0.5, 0.6) is 0 Å². The lowest BCUT2D eigenvalue weighted by molar-refractivity contribution is -0.167. The van der Waals surface area contributed by atoms with E-state index in [0.29, 0.717) is 25.7 Å². The van der Waals surface area contributed by atoms with E-state index in [1.165, 1.54) is 7.11 Å². The van der Waals surface area contributed by atoms with Gasteiger partial charge < -0.3 is 9.84 Å². The normalized spacial score (nSPS) is 38.1. The first-order valence-corrected chi connectivity index (χ1v) is 6.41. The molecule has 0 heterocycles. The number of hydrogen-bond acceptors (Lipinski definition) is 4. The maximum Gasteiger partial charge on any atom is 0.312 e. The highest BCUT2D eigenvalue weighted by Gasteiger charge is 2.54. The molecule has 0 saturated heterocycles. The Bertz CT molecular complexity index is 325. The summed E-state index contributed by atoms with van der Waals surface area (Å²) < 4.78 is 4.90. The van der Waals surface area contributed by atoms with Gasteiger partial charge in [0.2, 0.25) is 0 Å². The van der Waals surface area contributed by atoms with Crippen molar-refractivity contribution >= 4 is 11.8 Å². The molecule has 0 spiro atoms. The van der Waals surface area contributed by atoms with Gasteiger partial charge in [0.05, 0.1) is 24.5 Å². The SMILES string of the molecule is COC(=O)[C@]12CCCC[C@@H](O)[C@H]1C(=O)CCC2. The van der Waals surface area contributed by atoms with Crippen LogP contribution in [0.1, 0.15) is 44.9 Å². The molecule has 0 amide bonds. The number of Topliss-reactive ketones (excluding diaryl/α,β-unsaturated/α-hetero) is 1. The van der Waals surface area contributed by atoms with Crippen LogP contribution in [0.2, 0.25) is 0 Å². The van der Waals surface area contributed by atoms with E-state index >= 15 is 0 Å². The predicted octanol–water partition coefficient (Wildman–Crippen LogP) is 1.45. The van der Waals surface area contributed by atoms with Crippen LogP contribution in [-0.4, -0.2) is 30.1 Å². The highest BCUT2D eigenvalue weighted by Crippen LogP contribution is 2.48. The van der Waals surface area contributed by atoms with Gasteiger partial charge in [0.15, 0.2) is 0 Å². The number of aliphatic hydroxyl groups excluding tert-OH is 1. The summed E-state index contributed by atoms with van der Waals surface area (Å²) in [4.78, 5) is 24.1. The van der Waals surface area contributed by atoms with Gasteiger partial charge in [-0.1, -0.05) is 12.8 Å². The van der Waals surface area contributed by atoms with Gasteiger partial charge >= 0.3 is 5.97 Å². The Kier molecular flexibility index (Phi) is 3.52. The number of fused-ring (bicyclic) bond motifs is 1. The zero-order chi connectivity index (χ0) is 12.5. The Morgan fingerprint density at radius 1 is 1.35 bits per heavy atom. The number of ether oxygens (including phenoxy) is 1. The van der Waals surface area contributed by atoms with Crippen LogP contribution in [0.25, 0.3) is 0 Å². The molecular formula is C13H20O4. The second-order valence-electron chi connectivity index (χ2n) is 5.26. The van der Waals surface area contributed by atoms with Gasteiger partial charge in [0.25, 0.3) is 0 Å². The van der Waals surface area contributed by atoms with Crippen LogP contribution >= 0.6 is 0 Å². The van der Waals surface area contributed by atoms with Gasteiger partial charge in [-0.15, -0.1) is 0 Å². The standard InChI is InChI=1S/C13H20O4/c1-17-12(16)13-7-3-2-5-9(14)11(13)10(15)6-4-8-13/h9,11,14H,2-8H2,1H3/t9-,11+,13+/m1/s1. The zero-order valence-electron chi connectivity index (χ0n) is 10.3. The second-order valence-corrected chi connectivity index (χ2v) is 5.26. The van der Waals surface area contributed by atoms with Gasteiger partial charge in [0.1, 0.15) is 5.78 Å². The lowest BCUT2D eigenvalue weighted by atomic mass is 9.62. The van der Waals surface area contributed by atoms with Crippen LogP contribution in [0.4, 0.5) is 0 Å². The Morgan fingerprint density at radius 3 is 2.76 bits per heavy atom. The van der Waals surface area contributed by atoms with Crippen molar-refractivity contribution in [3.63, 3.8) is 0 Å². The van der Waals surface area contributed by atoms with Crippen molar-refractivity contribution in [3.05, 3.63) is 0 Å². The van der Waals surface area contributed by atoms with E-state index < -0.39 is 17.4 Å². The molecule has 0 aromatic rings. The molecule has 2 saturated carbocycles. The number of esters is 1. The quantitative estimate of drug-likeness (QED) is 0.705. The van der Waals surface area contributed by atoms with Gasteiger partial charge in [-0.3, -0.25) is 9.59 Å². The third-order valence-electron chi connectivity index (χ3n) is 4.34. The number of methoxy groups -OCH3 is 1. The number of hydrogen-bond donors (Lipinski definition) is 1. The minimum absolute atomic E-state index is 0.0380. The Balaban J connectivity index is 2.39. The lowest BCUT2D eigenvalue weighted by Gasteiger charge is -2.41. The highest BCUT2D eigenvalue weighted by molar-refractivity contribution is 5.91. The zero-order valence-corrected chi connectivity index (χ0v) is 10.3. The van der Waals surface area contributed by atoms with Crippen LogP contribution in [0.3, 0.4) is 0 Å². The van der Waals surface area contributed by atoms with E-state index in [0.717, 1.165) is 19.3 Å². The van der Waals surface area contributed by atoms with Crippen molar-refractivity contribution < 1.29 is 19.4 Å². The molecule has 4 heteroatoms. The van der Waals surface area contributed by atoms with Crippen molar-refractivity contribution in [2.45, 2.75) is 51.0 Å². The first kappa shape index (κ1) is 12.6. The smallest absolute Gasteiger partial charge is 0.312 e. The summed E-state index contributed by atoms with van der Waals surface area (Å²) in [6, 6.07) is 0. The summed E-state index contributed by atoms with van der Waals surface area (Å²) >= 11 is 0. The molecule has 0 aromatic heterocycles. The average Bonchev–Trinajstić information content (AvgIpc) is 2.49. The van der Waals surface area contributed by atoms with E-state index in [4.69, 9.17) is 4.74 Å². The maximum atomic E-state index is 12.1. The monoisotopic (exact) mass is 240 g/mol. The van der Waals surface area contributed by atoms with Crippen molar-refractivity contribution in [2.24, 2.45) is 11.3 Å². The predicted molar refractivity (Wildman–Crippen MR) is 61.3 cm³/mol.